The van der Waals surface area contributed by atoms with Gasteiger partial charge in [-0.1, -0.05) is 69.0 Å². The molecule has 2 N–H and O–H groups in total. The van der Waals surface area contributed by atoms with Crippen molar-refractivity contribution in [2.45, 2.75) is 51.1 Å². The van der Waals surface area contributed by atoms with Crippen molar-refractivity contribution in [1.82, 2.24) is 15.5 Å². The molecule has 4 rings (SSSR count). The van der Waals surface area contributed by atoms with Crippen LogP contribution in [0.5, 0.6) is 0 Å². The van der Waals surface area contributed by atoms with Gasteiger partial charge in [-0.3, -0.25) is 9.59 Å². The van der Waals surface area contributed by atoms with Crippen molar-refractivity contribution in [3.05, 3.63) is 71.9 Å². The molecule has 1 aliphatic heterocycles. The lowest BCUT2D eigenvalue weighted by molar-refractivity contribution is -0.150. The van der Waals surface area contributed by atoms with E-state index in [-0.39, 0.29) is 24.1 Å². The van der Waals surface area contributed by atoms with Crippen LogP contribution in [0, 0.1) is 5.92 Å². The largest absolute Gasteiger partial charge is 0.467 e. The second-order valence-corrected chi connectivity index (χ2v) is 10.3. The molecule has 1 fully saturated rings. The average molecular weight is 534 g/mol. The van der Waals surface area contributed by atoms with E-state index in [1.807, 2.05) is 50.2 Å². The molecule has 0 aromatic heterocycles. The summed E-state index contributed by atoms with van der Waals surface area (Å²) in [5.74, 6) is -1.68. The summed E-state index contributed by atoms with van der Waals surface area (Å²) >= 11 is 0. The van der Waals surface area contributed by atoms with E-state index < -0.39 is 36.0 Å². The van der Waals surface area contributed by atoms with Crippen LogP contribution in [-0.2, 0) is 23.9 Å². The Hall–Kier alpha value is -4.14. The predicted octanol–water partition coefficient (Wildman–Crippen LogP) is 3.73. The van der Waals surface area contributed by atoms with E-state index in [9.17, 15) is 19.2 Å². The number of hydrogen-bond acceptors (Lipinski definition) is 6. The van der Waals surface area contributed by atoms with E-state index in [1.54, 1.807) is 0 Å². The molecule has 9 heteroatoms. The van der Waals surface area contributed by atoms with Crippen molar-refractivity contribution >= 4 is 23.9 Å². The number of hydrogen-bond donors (Lipinski definition) is 2. The van der Waals surface area contributed by atoms with Crippen LogP contribution in [0.3, 0.4) is 0 Å². The maximum atomic E-state index is 13.1. The lowest BCUT2D eigenvalue weighted by atomic mass is 9.98. The fraction of sp³-hybridized carbons (Fsp3) is 0.400. The van der Waals surface area contributed by atoms with Crippen molar-refractivity contribution in [2.24, 2.45) is 5.92 Å². The Morgan fingerprint density at radius 3 is 2.23 bits per heavy atom. The van der Waals surface area contributed by atoms with Gasteiger partial charge in [-0.05, 0) is 47.4 Å². The lowest BCUT2D eigenvalue weighted by Crippen LogP contribution is -2.50. The molecule has 0 saturated carbocycles. The zero-order chi connectivity index (χ0) is 28.1. The minimum atomic E-state index is -0.944. The van der Waals surface area contributed by atoms with Crippen LogP contribution < -0.4 is 10.6 Å². The summed E-state index contributed by atoms with van der Waals surface area (Å²) in [7, 11) is 1.27. The fourth-order valence-corrected chi connectivity index (χ4v) is 5.34. The minimum absolute atomic E-state index is 0.0703. The number of fused-ring (bicyclic) bond motifs is 3. The minimum Gasteiger partial charge on any atom is -0.467 e. The van der Waals surface area contributed by atoms with Crippen molar-refractivity contribution in [3.63, 3.8) is 0 Å². The van der Waals surface area contributed by atoms with E-state index in [4.69, 9.17) is 9.47 Å². The normalized spacial score (nSPS) is 16.7. The SMILES string of the molecule is C=C(NC(=O)[C@H](CC(C)C)NC(=O)OCC1c2ccccc2-c2ccccc21)C(=O)N1CCC[C@H]1C(=O)OC. The van der Waals surface area contributed by atoms with Gasteiger partial charge in [0.1, 0.15) is 18.7 Å². The standard InChI is InChI=1S/C30H35N3O6/c1-18(2)16-25(27(34)31-19(3)28(35)33-15-9-14-26(33)29(36)38-4)32-30(37)39-17-24-22-12-7-5-10-20(22)21-11-6-8-13-23(21)24/h5-8,10-13,18,24-26H,3,9,14-17H2,1-2,4H3,(H,31,34)(H,32,37)/t25-,26-/m0/s1. The Kier molecular flexibility index (Phi) is 8.69. The smallest absolute Gasteiger partial charge is 0.407 e. The fourth-order valence-electron chi connectivity index (χ4n) is 5.34. The number of alkyl carbamates (subject to hydrolysis) is 1. The Morgan fingerprint density at radius 1 is 1.03 bits per heavy atom. The van der Waals surface area contributed by atoms with E-state index in [0.29, 0.717) is 25.8 Å². The number of amides is 3. The van der Waals surface area contributed by atoms with Gasteiger partial charge >= 0.3 is 12.1 Å². The molecular formula is C30H35N3O6. The molecule has 2 aliphatic rings. The highest BCUT2D eigenvalue weighted by Gasteiger charge is 2.36. The van der Waals surface area contributed by atoms with Gasteiger partial charge in [-0.25, -0.2) is 9.59 Å². The van der Waals surface area contributed by atoms with Crippen LogP contribution >= 0.6 is 0 Å². The van der Waals surface area contributed by atoms with Gasteiger partial charge in [0.05, 0.1) is 12.8 Å². The van der Waals surface area contributed by atoms with Crippen LogP contribution in [0.4, 0.5) is 4.79 Å². The highest BCUT2D eigenvalue weighted by Crippen LogP contribution is 2.44. The third-order valence-corrected chi connectivity index (χ3v) is 7.18. The van der Waals surface area contributed by atoms with Crippen LogP contribution in [-0.4, -0.2) is 61.1 Å². The van der Waals surface area contributed by atoms with Crippen LogP contribution in [0.2, 0.25) is 0 Å². The molecule has 0 radical (unpaired) electrons. The maximum absolute atomic E-state index is 13.1. The number of nitrogens with one attached hydrogen (secondary N) is 2. The Morgan fingerprint density at radius 2 is 1.64 bits per heavy atom. The second kappa shape index (κ2) is 12.1. The number of rotatable bonds is 9. The molecule has 1 aliphatic carbocycles. The predicted molar refractivity (Wildman–Crippen MR) is 145 cm³/mol. The summed E-state index contributed by atoms with van der Waals surface area (Å²) in [5, 5.41) is 5.18. The highest BCUT2D eigenvalue weighted by atomic mass is 16.5. The zero-order valence-corrected chi connectivity index (χ0v) is 22.6. The first kappa shape index (κ1) is 27.9. The number of nitrogens with zero attached hydrogens (tertiary/aromatic N) is 1. The van der Waals surface area contributed by atoms with E-state index >= 15 is 0 Å². The summed E-state index contributed by atoms with van der Waals surface area (Å²) < 4.78 is 10.4. The van der Waals surface area contributed by atoms with Crippen molar-refractivity contribution in [3.8, 4) is 11.1 Å². The lowest BCUT2D eigenvalue weighted by Gasteiger charge is -2.25. The molecule has 2 aromatic rings. The van der Waals surface area contributed by atoms with Gasteiger partial charge < -0.3 is 25.0 Å². The summed E-state index contributed by atoms with van der Waals surface area (Å²) in [6.07, 6.45) is 0.733. The molecule has 1 heterocycles. The summed E-state index contributed by atoms with van der Waals surface area (Å²) in [6, 6.07) is 14.4. The van der Waals surface area contributed by atoms with Crippen molar-refractivity contribution in [1.29, 1.82) is 0 Å². The van der Waals surface area contributed by atoms with Crippen LogP contribution in [0.1, 0.15) is 50.2 Å². The average Bonchev–Trinajstić information content (AvgIpc) is 3.54. The molecule has 1 saturated heterocycles. The molecule has 3 amide bonds. The summed E-state index contributed by atoms with van der Waals surface area (Å²) in [4.78, 5) is 52.2. The van der Waals surface area contributed by atoms with Gasteiger partial charge in [0.15, 0.2) is 0 Å². The van der Waals surface area contributed by atoms with Gasteiger partial charge in [-0.2, -0.15) is 0 Å². The zero-order valence-electron chi connectivity index (χ0n) is 22.6. The maximum Gasteiger partial charge on any atom is 0.407 e. The Labute approximate surface area is 228 Å². The van der Waals surface area contributed by atoms with Gasteiger partial charge in [-0.15, -0.1) is 0 Å². The number of benzene rings is 2. The van der Waals surface area contributed by atoms with E-state index in [1.165, 1.54) is 12.0 Å². The van der Waals surface area contributed by atoms with E-state index in [2.05, 4.69) is 29.3 Å². The van der Waals surface area contributed by atoms with Crippen LogP contribution in [0.15, 0.2) is 60.8 Å². The topological polar surface area (TPSA) is 114 Å². The van der Waals surface area contributed by atoms with E-state index in [0.717, 1.165) is 22.3 Å². The number of carbonyl (C=O) groups excluding carboxylic acids is 4. The first-order valence-electron chi connectivity index (χ1n) is 13.2. The Balaban J connectivity index is 1.38. The molecular weight excluding hydrogens is 498 g/mol. The molecule has 2 aromatic carbocycles. The van der Waals surface area contributed by atoms with Gasteiger partial charge in [0, 0.05) is 12.5 Å². The summed E-state index contributed by atoms with van der Waals surface area (Å²) in [5.41, 5.74) is 4.25. The number of carbonyl (C=O) groups is 4. The number of esters is 1. The second-order valence-electron chi connectivity index (χ2n) is 10.3. The van der Waals surface area contributed by atoms with Gasteiger partial charge in [0.25, 0.3) is 5.91 Å². The molecule has 39 heavy (non-hydrogen) atoms. The van der Waals surface area contributed by atoms with Crippen molar-refractivity contribution in [2.75, 3.05) is 20.3 Å². The quantitative estimate of drug-likeness (QED) is 0.375. The number of likely N-dealkylation sites (tertiary alicyclic amines) is 1. The van der Waals surface area contributed by atoms with Gasteiger partial charge in [0.2, 0.25) is 5.91 Å². The molecule has 0 unspecified atom stereocenters. The van der Waals surface area contributed by atoms with Crippen LogP contribution in [0.25, 0.3) is 11.1 Å². The monoisotopic (exact) mass is 533 g/mol. The molecule has 206 valence electrons. The number of methoxy groups -OCH3 is 1. The molecule has 2 atom stereocenters. The third kappa shape index (κ3) is 6.13. The number of ether oxygens (including phenoxy) is 2. The van der Waals surface area contributed by atoms with Crippen molar-refractivity contribution < 1.29 is 28.7 Å². The first-order valence-corrected chi connectivity index (χ1v) is 13.2. The molecule has 9 nitrogen and oxygen atoms in total. The Bertz CT molecular complexity index is 1230. The molecule has 0 spiro atoms. The third-order valence-electron chi connectivity index (χ3n) is 7.18. The molecule has 0 bridgehead atoms. The first-order chi connectivity index (χ1) is 18.7. The summed E-state index contributed by atoms with van der Waals surface area (Å²) in [6.45, 7) is 8.03. The highest BCUT2D eigenvalue weighted by molar-refractivity contribution is 6.00.